The first kappa shape index (κ1) is 10.1. The number of aromatic nitrogens is 2. The molecule has 0 aliphatic heterocycles. The van der Waals surface area contributed by atoms with Gasteiger partial charge in [0.2, 0.25) is 0 Å². The predicted octanol–water partition coefficient (Wildman–Crippen LogP) is 2.17. The predicted molar refractivity (Wildman–Crippen MR) is 55.3 cm³/mol. The monoisotopic (exact) mass is 272 g/mol. The van der Waals surface area contributed by atoms with Crippen molar-refractivity contribution >= 4 is 32.8 Å². The second-order valence-electron chi connectivity index (χ2n) is 3.07. The van der Waals surface area contributed by atoms with Crippen LogP contribution in [0.1, 0.15) is 10.4 Å². The highest BCUT2D eigenvalue weighted by Gasteiger charge is 2.15. The molecule has 78 valence electrons. The number of hydrogen-bond acceptors (Lipinski definition) is 2. The first-order chi connectivity index (χ1) is 7.00. The summed E-state index contributed by atoms with van der Waals surface area (Å²) in [4.78, 5) is 10.7. The number of hydrogen-bond donors (Lipinski definition) is 1. The fraction of sp³-hybridized carbons (Fsp3) is 0.111. The Hall–Kier alpha value is -1.43. The van der Waals surface area contributed by atoms with Crippen LogP contribution in [0.5, 0.6) is 0 Å². The normalized spacial score (nSPS) is 10.9. The van der Waals surface area contributed by atoms with Crippen LogP contribution < -0.4 is 0 Å². The Morgan fingerprint density at radius 2 is 2.27 bits per heavy atom. The average molecular weight is 273 g/mol. The molecule has 1 aromatic carbocycles. The Bertz CT molecular complexity index is 565. The number of aryl methyl sites for hydroxylation is 1. The molecule has 0 aliphatic rings. The summed E-state index contributed by atoms with van der Waals surface area (Å²) in [6, 6.07) is 2.43. The molecule has 0 unspecified atom stereocenters. The zero-order valence-electron chi connectivity index (χ0n) is 7.66. The molecule has 1 aromatic heterocycles. The molecule has 2 rings (SSSR count). The highest BCUT2D eigenvalue weighted by molar-refractivity contribution is 9.10. The van der Waals surface area contributed by atoms with Crippen molar-refractivity contribution in [1.82, 2.24) is 9.78 Å². The Labute approximate surface area is 92.4 Å². The molecule has 1 N–H and O–H groups in total. The van der Waals surface area contributed by atoms with Gasteiger partial charge in [-0.3, -0.25) is 4.68 Å². The van der Waals surface area contributed by atoms with Crippen molar-refractivity contribution in [3.05, 3.63) is 28.1 Å². The van der Waals surface area contributed by atoms with Gasteiger partial charge in [-0.05, 0) is 28.1 Å². The standard InChI is InChI=1S/C9H6BrFN2O2/c1-13-7-3-4(9(14)15)6(11)2-5(7)8(10)12-13/h2-3H,1H3,(H,14,15). The first-order valence-corrected chi connectivity index (χ1v) is 4.85. The van der Waals surface area contributed by atoms with E-state index in [1.807, 2.05) is 0 Å². The van der Waals surface area contributed by atoms with Crippen LogP contribution in [-0.4, -0.2) is 20.9 Å². The molecule has 0 saturated heterocycles. The van der Waals surface area contributed by atoms with E-state index in [-0.39, 0.29) is 5.56 Å². The van der Waals surface area contributed by atoms with E-state index in [9.17, 15) is 9.18 Å². The van der Waals surface area contributed by atoms with Crippen molar-refractivity contribution in [3.63, 3.8) is 0 Å². The molecule has 0 fully saturated rings. The van der Waals surface area contributed by atoms with Gasteiger partial charge in [-0.1, -0.05) is 0 Å². The average Bonchev–Trinajstić information content (AvgIpc) is 2.41. The zero-order valence-corrected chi connectivity index (χ0v) is 9.25. The molecule has 0 radical (unpaired) electrons. The quantitative estimate of drug-likeness (QED) is 0.866. The summed E-state index contributed by atoms with van der Waals surface area (Å²) in [5.41, 5.74) is 0.221. The number of rotatable bonds is 1. The van der Waals surface area contributed by atoms with Gasteiger partial charge in [-0.2, -0.15) is 5.10 Å². The summed E-state index contributed by atoms with van der Waals surface area (Å²) in [6.45, 7) is 0. The first-order valence-electron chi connectivity index (χ1n) is 4.05. The lowest BCUT2D eigenvalue weighted by atomic mass is 10.1. The van der Waals surface area contributed by atoms with E-state index in [1.54, 1.807) is 7.05 Å². The van der Waals surface area contributed by atoms with Crippen LogP contribution in [0.15, 0.2) is 16.7 Å². The van der Waals surface area contributed by atoms with Gasteiger partial charge in [0.15, 0.2) is 0 Å². The number of carboxylic acid groups (broad SMARTS) is 1. The summed E-state index contributed by atoms with van der Waals surface area (Å²) in [6.07, 6.45) is 0. The Balaban J connectivity index is 2.85. The molecule has 0 aliphatic carbocycles. The third-order valence-electron chi connectivity index (χ3n) is 2.12. The third kappa shape index (κ3) is 1.50. The maximum atomic E-state index is 13.3. The number of fused-ring (bicyclic) bond motifs is 1. The largest absolute Gasteiger partial charge is 0.478 e. The minimum atomic E-state index is -1.29. The van der Waals surface area contributed by atoms with Gasteiger partial charge < -0.3 is 5.11 Å². The number of halogens is 2. The lowest BCUT2D eigenvalue weighted by molar-refractivity contribution is 0.0692. The Kier molecular flexibility index (Phi) is 2.22. The molecule has 0 bridgehead atoms. The summed E-state index contributed by atoms with van der Waals surface area (Å²) < 4.78 is 15.3. The lowest BCUT2D eigenvalue weighted by Crippen LogP contribution is -2.01. The van der Waals surface area contributed by atoms with Gasteiger partial charge in [0.25, 0.3) is 0 Å². The molecule has 0 spiro atoms. The van der Waals surface area contributed by atoms with Gasteiger partial charge in [0, 0.05) is 12.4 Å². The van der Waals surface area contributed by atoms with E-state index in [0.717, 1.165) is 6.07 Å². The smallest absolute Gasteiger partial charge is 0.338 e. The van der Waals surface area contributed by atoms with Gasteiger partial charge in [0.05, 0.1) is 11.1 Å². The fourth-order valence-corrected chi connectivity index (χ4v) is 1.95. The molecule has 2 aromatic rings. The maximum absolute atomic E-state index is 13.3. The minimum Gasteiger partial charge on any atom is -0.478 e. The van der Waals surface area contributed by atoms with Gasteiger partial charge in [-0.15, -0.1) is 0 Å². The highest BCUT2D eigenvalue weighted by atomic mass is 79.9. The second kappa shape index (κ2) is 3.30. The van der Waals surface area contributed by atoms with E-state index in [4.69, 9.17) is 5.11 Å². The molecule has 0 atom stereocenters. The van der Waals surface area contributed by atoms with Crippen molar-refractivity contribution in [1.29, 1.82) is 0 Å². The molecule has 0 amide bonds. The van der Waals surface area contributed by atoms with Gasteiger partial charge >= 0.3 is 5.97 Å². The Morgan fingerprint density at radius 1 is 1.60 bits per heavy atom. The van der Waals surface area contributed by atoms with E-state index in [0.29, 0.717) is 15.5 Å². The second-order valence-corrected chi connectivity index (χ2v) is 3.82. The number of aromatic carboxylic acids is 1. The van der Waals surface area contributed by atoms with Crippen LogP contribution >= 0.6 is 15.9 Å². The van der Waals surface area contributed by atoms with E-state index < -0.39 is 11.8 Å². The van der Waals surface area contributed by atoms with Crippen molar-refractivity contribution in [2.45, 2.75) is 0 Å². The van der Waals surface area contributed by atoms with Crippen molar-refractivity contribution in [2.24, 2.45) is 7.05 Å². The third-order valence-corrected chi connectivity index (χ3v) is 2.71. The summed E-state index contributed by atoms with van der Waals surface area (Å²) in [7, 11) is 1.66. The van der Waals surface area contributed by atoms with Crippen molar-refractivity contribution < 1.29 is 14.3 Å². The molecule has 4 nitrogen and oxygen atoms in total. The number of carbonyl (C=O) groups is 1. The van der Waals surface area contributed by atoms with Crippen LogP contribution in [-0.2, 0) is 7.05 Å². The summed E-state index contributed by atoms with van der Waals surface area (Å²) in [5.74, 6) is -2.05. The molecule has 15 heavy (non-hydrogen) atoms. The summed E-state index contributed by atoms with van der Waals surface area (Å²) >= 11 is 3.17. The number of nitrogens with zero attached hydrogens (tertiary/aromatic N) is 2. The van der Waals surface area contributed by atoms with Crippen LogP contribution in [0.4, 0.5) is 4.39 Å². The summed E-state index contributed by atoms with van der Waals surface area (Å²) in [5, 5.41) is 13.3. The number of carboxylic acids is 1. The zero-order chi connectivity index (χ0) is 11.2. The highest BCUT2D eigenvalue weighted by Crippen LogP contribution is 2.25. The molecule has 0 saturated carbocycles. The van der Waals surface area contributed by atoms with Crippen LogP contribution in [0.25, 0.3) is 10.9 Å². The van der Waals surface area contributed by atoms with Crippen LogP contribution in [0.2, 0.25) is 0 Å². The van der Waals surface area contributed by atoms with Gasteiger partial charge in [0.1, 0.15) is 10.4 Å². The Morgan fingerprint density at radius 3 is 2.87 bits per heavy atom. The molecule has 1 heterocycles. The lowest BCUT2D eigenvalue weighted by Gasteiger charge is -1.99. The minimum absolute atomic E-state index is 0.349. The molecular formula is C9H6BrFN2O2. The molecular weight excluding hydrogens is 267 g/mol. The topological polar surface area (TPSA) is 55.1 Å². The van der Waals surface area contributed by atoms with Crippen LogP contribution in [0.3, 0.4) is 0 Å². The van der Waals surface area contributed by atoms with E-state index in [1.165, 1.54) is 10.7 Å². The van der Waals surface area contributed by atoms with Gasteiger partial charge in [-0.25, -0.2) is 9.18 Å². The van der Waals surface area contributed by atoms with E-state index >= 15 is 0 Å². The van der Waals surface area contributed by atoms with Crippen LogP contribution in [0, 0.1) is 5.82 Å². The van der Waals surface area contributed by atoms with E-state index in [2.05, 4.69) is 21.0 Å². The number of benzene rings is 1. The van der Waals surface area contributed by atoms with Crippen molar-refractivity contribution in [2.75, 3.05) is 0 Å². The fourth-order valence-electron chi connectivity index (χ4n) is 1.40. The van der Waals surface area contributed by atoms with Crippen molar-refractivity contribution in [3.8, 4) is 0 Å². The maximum Gasteiger partial charge on any atom is 0.338 e. The SMILES string of the molecule is Cn1nc(Br)c2cc(F)c(C(=O)O)cc21. The molecule has 6 heteroatoms.